The van der Waals surface area contributed by atoms with Crippen molar-refractivity contribution >= 4 is 23.1 Å². The molecule has 1 aliphatic heterocycles. The van der Waals surface area contributed by atoms with E-state index in [2.05, 4.69) is 15.2 Å². The highest BCUT2D eigenvalue weighted by Gasteiger charge is 2.12. The number of anilines is 3. The second-order valence-electron chi connectivity index (χ2n) is 5.08. The number of nitrogens with two attached hydrogens (primary N) is 1. The third-order valence-electron chi connectivity index (χ3n) is 3.54. The van der Waals surface area contributed by atoms with E-state index in [-0.39, 0.29) is 5.91 Å². The van der Waals surface area contributed by atoms with E-state index in [0.29, 0.717) is 17.1 Å². The SMILES string of the molecule is Nc1ccc(C(=O)Nc2ccc(N3CCOCC3)cn2)cc1. The Kier molecular flexibility index (Phi) is 4.20. The van der Waals surface area contributed by atoms with Crippen LogP contribution in [0.1, 0.15) is 10.4 Å². The van der Waals surface area contributed by atoms with Gasteiger partial charge in [-0.25, -0.2) is 4.98 Å². The summed E-state index contributed by atoms with van der Waals surface area (Å²) in [4.78, 5) is 18.6. The number of carbonyl (C=O) groups is 1. The van der Waals surface area contributed by atoms with Gasteiger partial charge >= 0.3 is 0 Å². The molecule has 2 heterocycles. The molecule has 0 bridgehead atoms. The van der Waals surface area contributed by atoms with Crippen molar-refractivity contribution in [2.24, 2.45) is 0 Å². The Hall–Kier alpha value is -2.60. The van der Waals surface area contributed by atoms with Crippen LogP contribution in [0, 0.1) is 0 Å². The van der Waals surface area contributed by atoms with Crippen LogP contribution in [0.15, 0.2) is 42.6 Å². The zero-order valence-corrected chi connectivity index (χ0v) is 12.2. The molecule has 1 aliphatic rings. The minimum atomic E-state index is -0.202. The number of nitrogens with one attached hydrogen (secondary N) is 1. The van der Waals surface area contributed by atoms with E-state index in [0.717, 1.165) is 32.0 Å². The first-order chi connectivity index (χ1) is 10.7. The maximum Gasteiger partial charge on any atom is 0.256 e. The van der Waals surface area contributed by atoms with Crippen molar-refractivity contribution in [1.29, 1.82) is 0 Å². The van der Waals surface area contributed by atoms with E-state index < -0.39 is 0 Å². The van der Waals surface area contributed by atoms with Crippen LogP contribution in [0.4, 0.5) is 17.2 Å². The molecule has 0 radical (unpaired) electrons. The lowest BCUT2D eigenvalue weighted by atomic mass is 10.2. The third-order valence-corrected chi connectivity index (χ3v) is 3.54. The van der Waals surface area contributed by atoms with Crippen molar-refractivity contribution in [3.05, 3.63) is 48.2 Å². The van der Waals surface area contributed by atoms with Crippen molar-refractivity contribution < 1.29 is 9.53 Å². The summed E-state index contributed by atoms with van der Waals surface area (Å²) in [6.07, 6.45) is 1.77. The van der Waals surface area contributed by atoms with E-state index in [9.17, 15) is 4.79 Å². The summed E-state index contributed by atoms with van der Waals surface area (Å²) in [7, 11) is 0. The topological polar surface area (TPSA) is 80.5 Å². The minimum absolute atomic E-state index is 0.202. The first-order valence-electron chi connectivity index (χ1n) is 7.18. The molecule has 3 rings (SSSR count). The number of nitrogens with zero attached hydrogens (tertiary/aromatic N) is 2. The fraction of sp³-hybridized carbons (Fsp3) is 0.250. The van der Waals surface area contributed by atoms with Crippen molar-refractivity contribution in [3.8, 4) is 0 Å². The number of hydrogen-bond acceptors (Lipinski definition) is 5. The number of pyridine rings is 1. The zero-order chi connectivity index (χ0) is 15.4. The van der Waals surface area contributed by atoms with Crippen molar-refractivity contribution in [3.63, 3.8) is 0 Å². The molecule has 0 unspecified atom stereocenters. The summed E-state index contributed by atoms with van der Waals surface area (Å²) in [5, 5.41) is 2.77. The van der Waals surface area contributed by atoms with Gasteiger partial charge in [0.15, 0.2) is 0 Å². The van der Waals surface area contributed by atoms with Crippen LogP contribution in [0.5, 0.6) is 0 Å². The average Bonchev–Trinajstić information content (AvgIpc) is 2.57. The van der Waals surface area contributed by atoms with Crippen LogP contribution in [-0.4, -0.2) is 37.2 Å². The number of carbonyl (C=O) groups excluding carboxylic acids is 1. The fourth-order valence-electron chi connectivity index (χ4n) is 2.29. The standard InChI is InChI=1S/C16H18N4O2/c17-13-3-1-12(2-4-13)16(21)19-15-6-5-14(11-18-15)20-7-9-22-10-8-20/h1-6,11H,7-10,17H2,(H,18,19,21). The lowest BCUT2D eigenvalue weighted by Gasteiger charge is -2.28. The molecule has 1 amide bonds. The molecule has 3 N–H and O–H groups in total. The second kappa shape index (κ2) is 6.44. The lowest BCUT2D eigenvalue weighted by Crippen LogP contribution is -2.36. The van der Waals surface area contributed by atoms with Gasteiger partial charge in [-0.15, -0.1) is 0 Å². The Labute approximate surface area is 128 Å². The van der Waals surface area contributed by atoms with Crippen LogP contribution in [0.25, 0.3) is 0 Å². The van der Waals surface area contributed by atoms with Crippen LogP contribution < -0.4 is 16.0 Å². The second-order valence-corrected chi connectivity index (χ2v) is 5.08. The molecule has 1 saturated heterocycles. The molecule has 22 heavy (non-hydrogen) atoms. The summed E-state index contributed by atoms with van der Waals surface area (Å²) in [6, 6.07) is 10.5. The molecule has 0 aliphatic carbocycles. The van der Waals surface area contributed by atoms with Gasteiger partial charge in [0.05, 0.1) is 25.1 Å². The maximum atomic E-state index is 12.1. The van der Waals surface area contributed by atoms with Gasteiger partial charge in [0.1, 0.15) is 5.82 Å². The molecular weight excluding hydrogens is 280 g/mol. The van der Waals surface area contributed by atoms with Crippen molar-refractivity contribution in [1.82, 2.24) is 4.98 Å². The molecule has 0 saturated carbocycles. The summed E-state index contributed by atoms with van der Waals surface area (Å²) in [5.41, 5.74) is 7.82. The molecule has 1 fully saturated rings. The molecule has 6 nitrogen and oxygen atoms in total. The van der Waals surface area contributed by atoms with E-state index >= 15 is 0 Å². The molecule has 0 atom stereocenters. The Morgan fingerprint density at radius 3 is 2.50 bits per heavy atom. The van der Waals surface area contributed by atoms with Gasteiger partial charge < -0.3 is 20.7 Å². The Morgan fingerprint density at radius 2 is 1.86 bits per heavy atom. The average molecular weight is 298 g/mol. The maximum absolute atomic E-state index is 12.1. The molecule has 1 aromatic carbocycles. The normalized spacial score (nSPS) is 14.6. The van der Waals surface area contributed by atoms with Crippen LogP contribution in [-0.2, 0) is 4.74 Å². The molecule has 2 aromatic rings. The summed E-state index contributed by atoms with van der Waals surface area (Å²) < 4.78 is 5.33. The predicted molar refractivity (Wildman–Crippen MR) is 86.1 cm³/mol. The zero-order valence-electron chi connectivity index (χ0n) is 12.2. The molecule has 114 valence electrons. The van der Waals surface area contributed by atoms with E-state index in [4.69, 9.17) is 10.5 Å². The van der Waals surface area contributed by atoms with Gasteiger partial charge in [0.25, 0.3) is 5.91 Å². The molecule has 6 heteroatoms. The van der Waals surface area contributed by atoms with Gasteiger partial charge in [0, 0.05) is 24.3 Å². The highest BCUT2D eigenvalue weighted by atomic mass is 16.5. The Morgan fingerprint density at radius 1 is 1.14 bits per heavy atom. The number of morpholine rings is 1. The number of rotatable bonds is 3. The third kappa shape index (κ3) is 3.35. The number of benzene rings is 1. The highest BCUT2D eigenvalue weighted by molar-refractivity contribution is 6.03. The van der Waals surface area contributed by atoms with E-state index in [1.54, 1.807) is 36.5 Å². The first kappa shape index (κ1) is 14.3. The van der Waals surface area contributed by atoms with Crippen molar-refractivity contribution in [2.75, 3.05) is 42.3 Å². The van der Waals surface area contributed by atoms with Crippen LogP contribution >= 0.6 is 0 Å². The summed E-state index contributed by atoms with van der Waals surface area (Å²) >= 11 is 0. The molecule has 0 spiro atoms. The first-order valence-corrected chi connectivity index (χ1v) is 7.18. The predicted octanol–water partition coefficient (Wildman–Crippen LogP) is 1.75. The van der Waals surface area contributed by atoms with Gasteiger partial charge in [0.2, 0.25) is 0 Å². The summed E-state index contributed by atoms with van der Waals surface area (Å²) in [5.74, 6) is 0.324. The molecular formula is C16H18N4O2. The van der Waals surface area contributed by atoms with Gasteiger partial charge in [-0.05, 0) is 36.4 Å². The fourth-order valence-corrected chi connectivity index (χ4v) is 2.29. The summed E-state index contributed by atoms with van der Waals surface area (Å²) in [6.45, 7) is 3.18. The quantitative estimate of drug-likeness (QED) is 0.844. The Balaban J connectivity index is 1.65. The van der Waals surface area contributed by atoms with Crippen molar-refractivity contribution in [2.45, 2.75) is 0 Å². The monoisotopic (exact) mass is 298 g/mol. The van der Waals surface area contributed by atoms with Gasteiger partial charge in [-0.1, -0.05) is 0 Å². The minimum Gasteiger partial charge on any atom is -0.399 e. The lowest BCUT2D eigenvalue weighted by molar-refractivity contribution is 0.102. The van der Waals surface area contributed by atoms with Crippen LogP contribution in [0.2, 0.25) is 0 Å². The smallest absolute Gasteiger partial charge is 0.256 e. The number of amides is 1. The number of ether oxygens (including phenoxy) is 1. The van der Waals surface area contributed by atoms with E-state index in [1.165, 1.54) is 0 Å². The Bertz CT molecular complexity index is 634. The number of aromatic nitrogens is 1. The van der Waals surface area contributed by atoms with Crippen LogP contribution in [0.3, 0.4) is 0 Å². The highest BCUT2D eigenvalue weighted by Crippen LogP contribution is 2.17. The number of nitrogen functional groups attached to an aromatic ring is 1. The molecule has 1 aromatic heterocycles. The number of hydrogen-bond donors (Lipinski definition) is 2. The van der Waals surface area contributed by atoms with E-state index in [1.807, 2.05) is 6.07 Å². The van der Waals surface area contributed by atoms with Gasteiger partial charge in [-0.2, -0.15) is 0 Å². The van der Waals surface area contributed by atoms with Gasteiger partial charge in [-0.3, -0.25) is 4.79 Å². The largest absolute Gasteiger partial charge is 0.399 e.